The number of carbonyl (C=O) groups excluding carboxylic acids is 1. The second-order valence-electron chi connectivity index (χ2n) is 7.23. The fourth-order valence-corrected chi connectivity index (χ4v) is 4.04. The van der Waals surface area contributed by atoms with Crippen molar-refractivity contribution in [2.75, 3.05) is 6.54 Å². The Labute approximate surface area is 154 Å². The Bertz CT molecular complexity index is 943. The van der Waals surface area contributed by atoms with Gasteiger partial charge in [0.05, 0.1) is 11.7 Å². The lowest BCUT2D eigenvalue weighted by molar-refractivity contribution is 0.0647. The fourth-order valence-electron chi connectivity index (χ4n) is 4.04. The smallest absolute Gasteiger partial charge is 0.270 e. The second-order valence-corrected chi connectivity index (χ2v) is 7.23. The average Bonchev–Trinajstić information content (AvgIpc) is 3.08. The maximum absolute atomic E-state index is 13.4. The SMILES string of the molecule is CCCN(C(=O)c1cc2ccc(C)cc2[nH]1)[C@@H]1CCCc2cccnc21. The van der Waals surface area contributed by atoms with Gasteiger partial charge in [0.15, 0.2) is 0 Å². The van der Waals surface area contributed by atoms with E-state index in [1.165, 1.54) is 11.1 Å². The largest absolute Gasteiger partial charge is 0.351 e. The van der Waals surface area contributed by atoms with Crippen LogP contribution in [0.5, 0.6) is 0 Å². The van der Waals surface area contributed by atoms with Crippen LogP contribution in [0.2, 0.25) is 0 Å². The molecule has 3 aromatic rings. The Hall–Kier alpha value is -2.62. The molecule has 0 bridgehead atoms. The second kappa shape index (κ2) is 6.94. The summed E-state index contributed by atoms with van der Waals surface area (Å²) in [5.74, 6) is 0.0733. The summed E-state index contributed by atoms with van der Waals surface area (Å²) in [6.45, 7) is 4.93. The predicted octanol–water partition coefficient (Wildman–Crippen LogP) is 4.80. The Kier molecular flexibility index (Phi) is 4.49. The lowest BCUT2D eigenvalue weighted by Gasteiger charge is -2.34. The van der Waals surface area contributed by atoms with Gasteiger partial charge in [0.25, 0.3) is 5.91 Å². The van der Waals surface area contributed by atoms with Gasteiger partial charge in [-0.05, 0) is 61.9 Å². The molecule has 0 saturated carbocycles. The van der Waals surface area contributed by atoms with Crippen molar-refractivity contribution in [3.05, 3.63) is 65.1 Å². The summed E-state index contributed by atoms with van der Waals surface area (Å²) >= 11 is 0. The molecule has 1 aliphatic carbocycles. The molecule has 0 fully saturated rings. The average molecular weight is 347 g/mol. The molecule has 0 unspecified atom stereocenters. The van der Waals surface area contributed by atoms with Gasteiger partial charge in [0.2, 0.25) is 0 Å². The van der Waals surface area contributed by atoms with Crippen molar-refractivity contribution in [3.63, 3.8) is 0 Å². The highest BCUT2D eigenvalue weighted by atomic mass is 16.2. The van der Waals surface area contributed by atoms with Gasteiger partial charge in [-0.25, -0.2) is 0 Å². The van der Waals surface area contributed by atoms with E-state index < -0.39 is 0 Å². The maximum Gasteiger partial charge on any atom is 0.270 e. The van der Waals surface area contributed by atoms with Crippen LogP contribution in [0.15, 0.2) is 42.6 Å². The minimum atomic E-state index is 0.0700. The first-order valence-corrected chi connectivity index (χ1v) is 9.51. The van der Waals surface area contributed by atoms with Crippen molar-refractivity contribution in [1.29, 1.82) is 0 Å². The number of aryl methyl sites for hydroxylation is 2. The van der Waals surface area contributed by atoms with Crippen LogP contribution in [0.4, 0.5) is 0 Å². The predicted molar refractivity (Wildman–Crippen MR) is 104 cm³/mol. The van der Waals surface area contributed by atoms with Crippen LogP contribution >= 0.6 is 0 Å². The van der Waals surface area contributed by atoms with Crippen LogP contribution in [0.25, 0.3) is 10.9 Å². The summed E-state index contributed by atoms with van der Waals surface area (Å²) in [4.78, 5) is 23.3. The van der Waals surface area contributed by atoms with Crippen molar-refractivity contribution in [2.24, 2.45) is 0 Å². The van der Waals surface area contributed by atoms with E-state index in [1.54, 1.807) is 0 Å². The summed E-state index contributed by atoms with van der Waals surface area (Å²) in [5.41, 5.74) is 5.24. The van der Waals surface area contributed by atoms with E-state index >= 15 is 0 Å². The van der Waals surface area contributed by atoms with Gasteiger partial charge in [0.1, 0.15) is 5.69 Å². The Morgan fingerprint density at radius 1 is 1.31 bits per heavy atom. The van der Waals surface area contributed by atoms with Crippen molar-refractivity contribution < 1.29 is 4.79 Å². The molecule has 1 atom stereocenters. The third-order valence-corrected chi connectivity index (χ3v) is 5.28. The number of H-pyrrole nitrogens is 1. The van der Waals surface area contributed by atoms with E-state index in [0.29, 0.717) is 5.69 Å². The highest BCUT2D eigenvalue weighted by Gasteiger charge is 2.31. The van der Waals surface area contributed by atoms with E-state index in [9.17, 15) is 4.79 Å². The Morgan fingerprint density at radius 3 is 3.04 bits per heavy atom. The van der Waals surface area contributed by atoms with Gasteiger partial charge in [-0.3, -0.25) is 9.78 Å². The zero-order valence-corrected chi connectivity index (χ0v) is 15.5. The topological polar surface area (TPSA) is 49.0 Å². The molecule has 4 nitrogen and oxygen atoms in total. The lowest BCUT2D eigenvalue weighted by atomic mass is 9.90. The maximum atomic E-state index is 13.4. The molecule has 4 heteroatoms. The van der Waals surface area contributed by atoms with Crippen LogP contribution in [0.3, 0.4) is 0 Å². The number of nitrogens with one attached hydrogen (secondary N) is 1. The number of nitrogens with zero attached hydrogens (tertiary/aromatic N) is 2. The molecule has 2 heterocycles. The van der Waals surface area contributed by atoms with Crippen molar-refractivity contribution in [3.8, 4) is 0 Å². The number of hydrogen-bond acceptors (Lipinski definition) is 2. The van der Waals surface area contributed by atoms with Crippen molar-refractivity contribution >= 4 is 16.8 Å². The molecule has 2 aromatic heterocycles. The first-order chi connectivity index (χ1) is 12.7. The minimum absolute atomic E-state index is 0.0700. The van der Waals surface area contributed by atoms with Gasteiger partial charge in [-0.2, -0.15) is 0 Å². The number of hydrogen-bond donors (Lipinski definition) is 1. The number of fused-ring (bicyclic) bond motifs is 2. The van der Waals surface area contributed by atoms with E-state index in [1.807, 2.05) is 23.2 Å². The highest BCUT2D eigenvalue weighted by Crippen LogP contribution is 2.34. The highest BCUT2D eigenvalue weighted by molar-refractivity contribution is 5.98. The van der Waals surface area contributed by atoms with Crippen LogP contribution in [-0.2, 0) is 6.42 Å². The molecule has 1 N–H and O–H groups in total. The van der Waals surface area contributed by atoms with Crippen LogP contribution in [0, 0.1) is 6.92 Å². The summed E-state index contributed by atoms with van der Waals surface area (Å²) in [6.07, 6.45) is 5.92. The summed E-state index contributed by atoms with van der Waals surface area (Å²) in [6, 6.07) is 12.4. The zero-order chi connectivity index (χ0) is 18.1. The van der Waals surface area contributed by atoms with E-state index in [2.05, 4.69) is 48.1 Å². The molecule has 0 spiro atoms. The summed E-state index contributed by atoms with van der Waals surface area (Å²) < 4.78 is 0. The van der Waals surface area contributed by atoms with Gasteiger partial charge < -0.3 is 9.88 Å². The van der Waals surface area contributed by atoms with E-state index in [-0.39, 0.29) is 11.9 Å². The van der Waals surface area contributed by atoms with Crippen LogP contribution in [0.1, 0.15) is 59.5 Å². The third-order valence-electron chi connectivity index (χ3n) is 5.28. The molecular weight excluding hydrogens is 322 g/mol. The number of carbonyl (C=O) groups is 1. The molecule has 1 aromatic carbocycles. The van der Waals surface area contributed by atoms with Crippen LogP contribution in [-0.4, -0.2) is 27.3 Å². The molecule has 0 radical (unpaired) electrons. The quantitative estimate of drug-likeness (QED) is 0.737. The molecule has 1 aliphatic rings. The lowest BCUT2D eigenvalue weighted by Crippen LogP contribution is -2.38. The standard InChI is InChI=1S/C22H25N3O/c1-3-12-25(20-8-4-6-16-7-5-11-23-21(16)20)22(26)19-14-17-10-9-15(2)13-18(17)24-19/h5,7,9-11,13-14,20,24H,3-4,6,8,12H2,1-2H3/t20-/m1/s1. The summed E-state index contributed by atoms with van der Waals surface area (Å²) in [7, 11) is 0. The molecule has 134 valence electrons. The van der Waals surface area contributed by atoms with Crippen LogP contribution < -0.4 is 0 Å². The molecule has 4 rings (SSSR count). The van der Waals surface area contributed by atoms with Gasteiger partial charge in [-0.15, -0.1) is 0 Å². The Balaban J connectivity index is 1.71. The number of amides is 1. The number of rotatable bonds is 4. The summed E-state index contributed by atoms with van der Waals surface area (Å²) in [5, 5.41) is 1.08. The fraction of sp³-hybridized carbons (Fsp3) is 0.364. The molecule has 0 aliphatic heterocycles. The molecule has 1 amide bonds. The van der Waals surface area contributed by atoms with Crippen molar-refractivity contribution in [2.45, 2.75) is 45.6 Å². The number of aromatic amines is 1. The Morgan fingerprint density at radius 2 is 2.19 bits per heavy atom. The number of pyridine rings is 1. The van der Waals surface area contributed by atoms with Gasteiger partial charge in [-0.1, -0.05) is 25.1 Å². The van der Waals surface area contributed by atoms with E-state index in [0.717, 1.165) is 48.8 Å². The van der Waals surface area contributed by atoms with Gasteiger partial charge >= 0.3 is 0 Å². The minimum Gasteiger partial charge on any atom is -0.351 e. The third kappa shape index (κ3) is 3.00. The molecule has 0 saturated heterocycles. The monoisotopic (exact) mass is 347 g/mol. The normalized spacial score (nSPS) is 16.5. The van der Waals surface area contributed by atoms with E-state index in [4.69, 9.17) is 0 Å². The first kappa shape index (κ1) is 16.8. The molecular formula is C22H25N3O. The number of aromatic nitrogens is 2. The first-order valence-electron chi connectivity index (χ1n) is 9.51. The van der Waals surface area contributed by atoms with Gasteiger partial charge in [0, 0.05) is 23.6 Å². The molecule has 26 heavy (non-hydrogen) atoms. The van der Waals surface area contributed by atoms with Crippen molar-refractivity contribution in [1.82, 2.24) is 14.9 Å². The number of benzene rings is 1. The zero-order valence-electron chi connectivity index (χ0n) is 15.5.